The average Bonchev–Trinajstić information content (AvgIpc) is 2.64. The molecule has 88 heavy (non-hydrogen) atoms. The summed E-state index contributed by atoms with van der Waals surface area (Å²) in [7, 11) is 2.90. The lowest BCUT2D eigenvalue weighted by atomic mass is 10.0. The number of hydrogen-bond acceptors (Lipinski definition) is 24. The molecule has 1 aliphatic heterocycles. The number of carbonyl (C=O) groups excluding carboxylic acids is 6. The third kappa shape index (κ3) is 14.1. The molecule has 8 heterocycles. The van der Waals surface area contributed by atoms with E-state index in [2.05, 4.69) is 41.5 Å². The van der Waals surface area contributed by atoms with Gasteiger partial charge in [-0.15, -0.1) is 68.0 Å². The van der Waals surface area contributed by atoms with E-state index in [1.165, 1.54) is 36.3 Å². The Morgan fingerprint density at radius 1 is 0.716 bits per heavy atom. The number of aliphatic hydroxyl groups is 1. The Morgan fingerprint density at radius 3 is 2.16 bits per heavy atom. The van der Waals surface area contributed by atoms with Crippen LogP contribution in [0.2, 0.25) is 0 Å². The molecule has 2 unspecified atom stereocenters. The van der Waals surface area contributed by atoms with Crippen LogP contribution in [-0.2, 0) is 35.3 Å². The first-order chi connectivity index (χ1) is 42.2. The number of nitrogens with zero attached hydrogens (tertiary/aromatic N) is 8. The number of aromatic nitrogens is 7. The van der Waals surface area contributed by atoms with E-state index in [0.717, 1.165) is 61.6 Å². The maximum absolute atomic E-state index is 14.4. The minimum atomic E-state index is -1.36. The number of benzene rings is 1. The van der Waals surface area contributed by atoms with Crippen LogP contribution in [0.4, 0.5) is 10.6 Å². The molecule has 7 aromatic heterocycles. The summed E-state index contributed by atoms with van der Waals surface area (Å²) >= 11 is 6.78. The van der Waals surface area contributed by atoms with E-state index >= 15 is 0 Å². The number of aliphatic carboxylic acids is 2. The van der Waals surface area contributed by atoms with Crippen LogP contribution in [0.3, 0.4) is 0 Å². The third-order valence-corrected chi connectivity index (χ3v) is 19.7. The first kappa shape index (κ1) is 62.7. The van der Waals surface area contributed by atoms with Gasteiger partial charge in [-0.25, -0.2) is 44.6 Å². The summed E-state index contributed by atoms with van der Waals surface area (Å²) in [6.45, 7) is 4.04. The second-order valence-electron chi connectivity index (χ2n) is 20.5. The molecule has 10 rings (SSSR count). The van der Waals surface area contributed by atoms with Crippen molar-refractivity contribution in [2.24, 2.45) is 11.8 Å². The second kappa shape index (κ2) is 27.3. The minimum Gasteiger partial charge on any atom is -0.481 e. The van der Waals surface area contributed by atoms with Gasteiger partial charge in [0.1, 0.15) is 94.8 Å². The Bertz CT molecular complexity index is 3950. The van der Waals surface area contributed by atoms with Gasteiger partial charge >= 0.3 is 18.0 Å². The molecule has 8 N–H and O–H groups in total. The number of methoxy groups -OCH3 is 1. The standard InChI is InChI=1S/C56H55N13O13S6/c1-24(2)40-54-68-43(35(88-54)19-81-5)47(76)58-17-38(71)65-44(45(74)26-9-7-6-8-10-26)53-63-34(22-85-53)51-61-32(20-84-51)42-29(49-62-33(21-83-49)46(75)60-31(16-37(70)57-4)52-67-41(25(3)87-52)48(77)66-40)13-14-30(59-42)50-64-36(23-86-50)69(18-39(72)73)56(80)82-28-12-11-27(15-28)55(78)79/h6-10,13-14,20-24,27-28,31,40,44-45,74H,11-12,15-19H2,1-5H3,(H,57,70)(H,58,76)(H,60,75)(H,65,71)(H,66,77)(H,72,73)(H,78,79)/t27-,28?,31-,40?,44-,45-/m0/s1. The van der Waals surface area contributed by atoms with Crippen molar-refractivity contribution in [2.45, 2.75) is 83.4 Å². The zero-order chi connectivity index (χ0) is 62.5. The Labute approximate surface area is 524 Å². The summed E-state index contributed by atoms with van der Waals surface area (Å²) in [5.41, 5.74) is 2.06. The minimum absolute atomic E-state index is 0.0181. The van der Waals surface area contributed by atoms with E-state index in [1.54, 1.807) is 60.1 Å². The molecule has 1 aliphatic carbocycles. The van der Waals surface area contributed by atoms with Crippen LogP contribution >= 0.6 is 68.0 Å². The molecule has 32 heteroatoms. The van der Waals surface area contributed by atoms with Gasteiger partial charge in [-0.3, -0.25) is 33.6 Å². The Hall–Kier alpha value is -8.37. The first-order valence-corrected chi connectivity index (χ1v) is 32.3. The lowest BCUT2D eigenvalue weighted by Crippen LogP contribution is -2.40. The predicted octanol–water partition coefficient (Wildman–Crippen LogP) is 7.59. The molecule has 458 valence electrons. The number of aryl methyl sites for hydroxylation is 1. The summed E-state index contributed by atoms with van der Waals surface area (Å²) in [4.78, 5) is 142. The number of hydrogen-bond donors (Lipinski definition) is 8. The number of nitrogens with one attached hydrogen (secondary N) is 5. The van der Waals surface area contributed by atoms with Gasteiger partial charge < -0.3 is 51.4 Å². The van der Waals surface area contributed by atoms with Gasteiger partial charge in [0.15, 0.2) is 0 Å². The summed E-state index contributed by atoms with van der Waals surface area (Å²) < 4.78 is 11.0. The number of ether oxygens (including phenoxy) is 2. The molecule has 1 aromatic carbocycles. The monoisotopic (exact) mass is 1310 g/mol. The fourth-order valence-electron chi connectivity index (χ4n) is 9.55. The van der Waals surface area contributed by atoms with E-state index in [0.29, 0.717) is 58.7 Å². The molecule has 6 amide bonds. The topological polar surface area (TPSA) is 369 Å². The van der Waals surface area contributed by atoms with Crippen molar-refractivity contribution in [3.63, 3.8) is 0 Å². The number of anilines is 1. The van der Waals surface area contributed by atoms with E-state index in [-0.39, 0.29) is 76.1 Å². The summed E-state index contributed by atoms with van der Waals surface area (Å²) in [6.07, 6.45) is -2.68. The molecule has 6 atom stereocenters. The van der Waals surface area contributed by atoms with Crippen molar-refractivity contribution < 1.29 is 63.1 Å². The van der Waals surface area contributed by atoms with Crippen LogP contribution in [0.25, 0.3) is 43.4 Å². The van der Waals surface area contributed by atoms with Gasteiger partial charge in [-0.1, -0.05) is 44.2 Å². The Morgan fingerprint density at radius 2 is 1.43 bits per heavy atom. The normalized spacial score (nSPS) is 18.6. The van der Waals surface area contributed by atoms with Crippen LogP contribution < -0.4 is 31.5 Å². The fraction of sp³-hybridized carbons (Fsp3) is 0.339. The number of fused-ring (bicyclic) bond motifs is 14. The second-order valence-corrected chi connectivity index (χ2v) is 26.3. The largest absolute Gasteiger partial charge is 0.481 e. The fourth-order valence-corrected chi connectivity index (χ4v) is 15.1. The molecule has 2 aliphatic rings. The van der Waals surface area contributed by atoms with Crippen LogP contribution in [-0.4, -0.2) is 131 Å². The number of amides is 6. The maximum atomic E-state index is 14.4. The molecular weight excluding hydrogens is 1260 g/mol. The number of thiazole rings is 6. The zero-order valence-electron chi connectivity index (χ0n) is 47.3. The van der Waals surface area contributed by atoms with Crippen molar-refractivity contribution >= 4 is 121 Å². The van der Waals surface area contributed by atoms with E-state index in [1.807, 2.05) is 13.8 Å². The summed E-state index contributed by atoms with van der Waals surface area (Å²) in [5, 5.41) is 53.6. The molecule has 0 radical (unpaired) electrons. The highest BCUT2D eigenvalue weighted by atomic mass is 32.1. The molecule has 26 nitrogen and oxygen atoms in total. The quantitative estimate of drug-likeness (QED) is 0.0551. The maximum Gasteiger partial charge on any atom is 0.416 e. The van der Waals surface area contributed by atoms with E-state index in [9.17, 15) is 53.7 Å². The highest BCUT2D eigenvalue weighted by Gasteiger charge is 2.36. The smallest absolute Gasteiger partial charge is 0.416 e. The summed E-state index contributed by atoms with van der Waals surface area (Å²) in [6, 6.07) is 9.07. The van der Waals surface area contributed by atoms with Crippen LogP contribution in [0, 0.1) is 18.8 Å². The van der Waals surface area contributed by atoms with Gasteiger partial charge in [-0.05, 0) is 49.8 Å². The molecule has 8 aromatic rings. The van der Waals surface area contributed by atoms with Crippen LogP contribution in [0.15, 0.2) is 64.0 Å². The zero-order valence-corrected chi connectivity index (χ0v) is 52.2. The van der Waals surface area contributed by atoms with Crippen molar-refractivity contribution in [3.8, 4) is 43.4 Å². The molecule has 10 bridgehead atoms. The van der Waals surface area contributed by atoms with Gasteiger partial charge in [0.2, 0.25) is 11.8 Å². The lowest BCUT2D eigenvalue weighted by molar-refractivity contribution is -0.141. The molecule has 0 saturated heterocycles. The Kier molecular flexibility index (Phi) is 19.5. The van der Waals surface area contributed by atoms with Crippen molar-refractivity contribution in [3.05, 3.63) is 111 Å². The van der Waals surface area contributed by atoms with Gasteiger partial charge in [0.25, 0.3) is 17.7 Å². The number of pyridine rings is 1. The van der Waals surface area contributed by atoms with Gasteiger partial charge in [0, 0.05) is 46.1 Å². The molecule has 1 saturated carbocycles. The number of rotatable bonds is 13. The van der Waals surface area contributed by atoms with Gasteiger partial charge in [-0.2, -0.15) is 0 Å². The van der Waals surface area contributed by atoms with E-state index < -0.39 is 96.9 Å². The number of aliphatic hydroxyl groups excluding tert-OH is 1. The number of carboxylic acids is 2. The Balaban J connectivity index is 1.04. The first-order valence-electron chi connectivity index (χ1n) is 27.1. The van der Waals surface area contributed by atoms with Crippen LogP contribution in [0.5, 0.6) is 0 Å². The third-order valence-electron chi connectivity index (χ3n) is 14.0. The molecular formula is C56H55N13O13S6. The molecule has 0 spiro atoms. The van der Waals surface area contributed by atoms with E-state index in [4.69, 9.17) is 29.4 Å². The van der Waals surface area contributed by atoms with Gasteiger partial charge in [0.05, 0.1) is 48.1 Å². The average molecular weight is 1310 g/mol. The van der Waals surface area contributed by atoms with Crippen LogP contribution in [0.1, 0.15) is 126 Å². The highest BCUT2D eigenvalue weighted by Crippen LogP contribution is 2.41. The predicted molar refractivity (Wildman–Crippen MR) is 327 cm³/mol. The van der Waals surface area contributed by atoms with Crippen molar-refractivity contribution in [1.29, 1.82) is 0 Å². The lowest BCUT2D eigenvalue weighted by Gasteiger charge is -2.23. The highest BCUT2D eigenvalue weighted by molar-refractivity contribution is 7.15. The van der Waals surface area contributed by atoms with Crippen molar-refractivity contribution in [2.75, 3.05) is 32.1 Å². The number of carbonyl (C=O) groups is 8. The SMILES string of the molecule is CNC(=O)C[C@@H]1NC(=O)c2csc(n2)-c2ccc(-c3nc(N(CC(=O)O)C(=O)OC4CC[C@H](C(=O)O)C4)cs3)nc2-c2csc(n2)-c2csc(n2)[C@H]([C@@H](O)c2ccccc2)NC(=O)CNC(=O)c2nc(sc2COC)C(C(C)C)NC(=O)c2nc1sc2C. The number of carboxylic acid groups (broad SMARTS) is 2. The summed E-state index contributed by atoms with van der Waals surface area (Å²) in [5.74, 6) is -6.46. The molecule has 1 fully saturated rings. The van der Waals surface area contributed by atoms with Crippen molar-refractivity contribution in [1.82, 2.24) is 61.5 Å².